The Labute approximate surface area is 333 Å². The van der Waals surface area contributed by atoms with Crippen molar-refractivity contribution >= 4 is 44.6 Å². The maximum Gasteiger partial charge on any atom is 0.293 e. The Balaban J connectivity index is 0.906. The molecule has 1 amide bonds. The van der Waals surface area contributed by atoms with Crippen molar-refractivity contribution in [3.63, 3.8) is 0 Å². The normalized spacial score (nSPS) is 15.7. The zero-order valence-electron chi connectivity index (χ0n) is 31.0. The Kier molecular flexibility index (Phi) is 12.3. The Morgan fingerprint density at radius 1 is 0.768 bits per heavy atom. The third kappa shape index (κ3) is 9.75. The van der Waals surface area contributed by atoms with Gasteiger partial charge >= 0.3 is 0 Å². The number of rotatable bonds is 13. The van der Waals surface area contributed by atoms with Gasteiger partial charge in [0.25, 0.3) is 21.6 Å². The van der Waals surface area contributed by atoms with E-state index in [1.54, 1.807) is 12.1 Å². The number of anilines is 2. The van der Waals surface area contributed by atoms with Gasteiger partial charge in [-0.05, 0) is 103 Å². The number of nitrogens with one attached hydrogen (secondary N) is 2. The van der Waals surface area contributed by atoms with Crippen LogP contribution >= 0.6 is 11.6 Å². The van der Waals surface area contributed by atoms with Crippen molar-refractivity contribution in [2.45, 2.75) is 30.8 Å². The van der Waals surface area contributed by atoms with E-state index in [1.165, 1.54) is 28.8 Å². The zero-order chi connectivity index (χ0) is 39.1. The smallest absolute Gasteiger partial charge is 0.293 e. The molecule has 0 aliphatic carbocycles. The van der Waals surface area contributed by atoms with E-state index in [-0.39, 0.29) is 21.8 Å². The minimum absolute atomic E-state index is 0.164. The van der Waals surface area contributed by atoms with E-state index in [1.807, 2.05) is 60.7 Å². The van der Waals surface area contributed by atoms with Crippen molar-refractivity contribution in [1.29, 1.82) is 0 Å². The Morgan fingerprint density at radius 3 is 2.12 bits per heavy atom. The molecular formula is C43H45ClN6O5S. The van der Waals surface area contributed by atoms with Gasteiger partial charge in [0.2, 0.25) is 0 Å². The molecule has 11 nitrogen and oxygen atoms in total. The average molecular weight is 793 g/mol. The van der Waals surface area contributed by atoms with Gasteiger partial charge in [0.1, 0.15) is 5.69 Å². The lowest BCUT2D eigenvalue weighted by Crippen LogP contribution is -2.46. The third-order valence-corrected chi connectivity index (χ3v) is 12.3. The quantitative estimate of drug-likeness (QED) is 0.0912. The summed E-state index contributed by atoms with van der Waals surface area (Å²) in [5, 5.41) is 15.9. The van der Waals surface area contributed by atoms with Gasteiger partial charge in [0.15, 0.2) is 0 Å². The van der Waals surface area contributed by atoms with Crippen LogP contribution in [-0.4, -0.2) is 74.9 Å². The molecule has 2 saturated heterocycles. The van der Waals surface area contributed by atoms with Gasteiger partial charge in [-0.2, -0.15) is 0 Å². The summed E-state index contributed by atoms with van der Waals surface area (Å²) in [7, 11) is -4.39. The molecule has 0 saturated carbocycles. The lowest BCUT2D eigenvalue weighted by molar-refractivity contribution is -0.384. The van der Waals surface area contributed by atoms with Crippen LogP contribution in [0.5, 0.6) is 0 Å². The van der Waals surface area contributed by atoms with Crippen molar-refractivity contribution in [1.82, 2.24) is 14.5 Å². The first kappa shape index (κ1) is 39.0. The lowest BCUT2D eigenvalue weighted by Gasteiger charge is -2.36. The predicted molar refractivity (Wildman–Crippen MR) is 222 cm³/mol. The number of likely N-dealkylation sites (tertiary alicyclic amines) is 1. The highest BCUT2D eigenvalue weighted by molar-refractivity contribution is 7.90. The molecule has 290 valence electrons. The highest BCUT2D eigenvalue weighted by atomic mass is 35.5. The van der Waals surface area contributed by atoms with E-state index in [2.05, 4.69) is 55.1 Å². The van der Waals surface area contributed by atoms with Crippen LogP contribution in [0.15, 0.2) is 126 Å². The minimum atomic E-state index is -4.39. The second-order valence-corrected chi connectivity index (χ2v) is 16.5. The highest BCUT2D eigenvalue weighted by Gasteiger charge is 2.26. The van der Waals surface area contributed by atoms with E-state index < -0.39 is 20.9 Å². The fourth-order valence-corrected chi connectivity index (χ4v) is 8.58. The number of hydrogen-bond acceptors (Lipinski definition) is 9. The van der Waals surface area contributed by atoms with Crippen molar-refractivity contribution in [3.8, 4) is 11.1 Å². The summed E-state index contributed by atoms with van der Waals surface area (Å²) < 4.78 is 28.6. The van der Waals surface area contributed by atoms with E-state index in [9.17, 15) is 23.3 Å². The third-order valence-electron chi connectivity index (χ3n) is 10.7. The summed E-state index contributed by atoms with van der Waals surface area (Å²) in [6, 6.07) is 37.1. The van der Waals surface area contributed by atoms with Crippen LogP contribution in [0.1, 0.15) is 34.3 Å². The summed E-state index contributed by atoms with van der Waals surface area (Å²) in [5.41, 5.74) is 5.81. The number of halogens is 1. The number of nitrogens with zero attached hydrogens (tertiary/aromatic N) is 4. The number of hydrogen-bond donors (Lipinski definition) is 2. The van der Waals surface area contributed by atoms with Crippen LogP contribution in [0.3, 0.4) is 0 Å². The van der Waals surface area contributed by atoms with Crippen molar-refractivity contribution in [2.24, 2.45) is 5.92 Å². The van der Waals surface area contributed by atoms with Gasteiger partial charge in [-0.1, -0.05) is 78.3 Å². The first-order valence-electron chi connectivity index (χ1n) is 18.9. The molecule has 5 aromatic carbocycles. The van der Waals surface area contributed by atoms with Gasteiger partial charge in [0.05, 0.1) is 9.82 Å². The molecule has 0 aromatic heterocycles. The number of nitro groups is 1. The van der Waals surface area contributed by atoms with Gasteiger partial charge < -0.3 is 10.2 Å². The number of carbonyl (C=O) groups excluding carboxylic acids is 1. The number of piperidine rings is 1. The van der Waals surface area contributed by atoms with Crippen LogP contribution in [-0.2, 0) is 23.1 Å². The molecule has 56 heavy (non-hydrogen) atoms. The molecule has 2 N–H and O–H groups in total. The number of nitro benzene ring substituents is 1. The van der Waals surface area contributed by atoms with Crippen LogP contribution in [0, 0.1) is 16.0 Å². The van der Waals surface area contributed by atoms with Crippen LogP contribution in [0.4, 0.5) is 17.1 Å². The molecule has 7 rings (SSSR count). The maximum atomic E-state index is 13.3. The molecule has 5 aromatic rings. The van der Waals surface area contributed by atoms with Crippen LogP contribution < -0.4 is 14.9 Å². The van der Waals surface area contributed by atoms with Crippen LogP contribution in [0.2, 0.25) is 5.02 Å². The zero-order valence-corrected chi connectivity index (χ0v) is 32.6. The summed E-state index contributed by atoms with van der Waals surface area (Å²) in [5.74, 6) is -0.487. The Morgan fingerprint density at radius 2 is 1.43 bits per heavy atom. The summed E-state index contributed by atoms with van der Waals surface area (Å²) in [6.45, 7) is 7.40. The number of carbonyl (C=O) groups is 1. The first-order valence-corrected chi connectivity index (χ1v) is 20.7. The van der Waals surface area contributed by atoms with E-state index >= 15 is 0 Å². The van der Waals surface area contributed by atoms with Gasteiger partial charge in [-0.3, -0.25) is 24.7 Å². The molecule has 2 aliphatic heterocycles. The number of sulfonamides is 1. The number of benzene rings is 5. The fraction of sp³-hybridized carbons (Fsp3) is 0.279. The topological polar surface area (TPSA) is 128 Å². The summed E-state index contributed by atoms with van der Waals surface area (Å²) in [6.07, 6.45) is 1.90. The van der Waals surface area contributed by atoms with Gasteiger partial charge in [-0.15, -0.1) is 0 Å². The minimum Gasteiger partial charge on any atom is -0.379 e. The molecule has 2 heterocycles. The highest BCUT2D eigenvalue weighted by Crippen LogP contribution is 2.30. The lowest BCUT2D eigenvalue weighted by atomic mass is 9.96. The molecule has 0 atom stereocenters. The first-order chi connectivity index (χ1) is 27.1. The molecule has 0 spiro atoms. The molecule has 2 fully saturated rings. The monoisotopic (exact) mass is 792 g/mol. The van der Waals surface area contributed by atoms with Crippen LogP contribution in [0.25, 0.3) is 11.1 Å². The molecule has 0 unspecified atom stereocenters. The Hall–Kier alpha value is -5.27. The van der Waals surface area contributed by atoms with Gasteiger partial charge in [0, 0.05) is 68.2 Å². The number of amides is 1. The summed E-state index contributed by atoms with van der Waals surface area (Å²) in [4.78, 5) is 31.2. The predicted octanol–water partition coefficient (Wildman–Crippen LogP) is 7.68. The van der Waals surface area contributed by atoms with E-state index in [4.69, 9.17) is 11.6 Å². The Bertz CT molecular complexity index is 2240. The van der Waals surface area contributed by atoms with E-state index in [0.29, 0.717) is 17.5 Å². The molecule has 0 radical (unpaired) electrons. The van der Waals surface area contributed by atoms with Crippen molar-refractivity contribution < 1.29 is 18.1 Å². The largest absolute Gasteiger partial charge is 0.379 e. The SMILES string of the molecule is O=C(NS(=O)(=O)c1ccc(NCC2CCN(Cc3ccccc3)CC2)c([N+](=O)[O-])c1)c1ccc(N2CCN(Cc3ccccc3-c3ccc(Cl)cc3)CC2)cc1. The maximum absolute atomic E-state index is 13.3. The second kappa shape index (κ2) is 17.7. The fourth-order valence-electron chi connectivity index (χ4n) is 7.46. The molecule has 0 bridgehead atoms. The standard InChI is InChI=1S/C43H45ClN6O5S/c44-37-14-10-34(11-15-37)40-9-5-4-8-36(40)31-48-24-26-49(27-25-48)38-16-12-35(13-17-38)43(51)46-56(54,55)39-18-19-41(42(28-39)50(52)53)45-29-32-20-22-47(23-21-32)30-33-6-2-1-3-7-33/h1-19,28,32,45H,20-27,29-31H2,(H,46,51). The molecule has 2 aliphatic rings. The molecule has 13 heteroatoms. The molecular weight excluding hydrogens is 748 g/mol. The van der Waals surface area contributed by atoms with Crippen molar-refractivity contribution in [3.05, 3.63) is 153 Å². The average Bonchev–Trinajstić information content (AvgIpc) is 3.21. The number of piperazine rings is 1. The van der Waals surface area contributed by atoms with E-state index in [0.717, 1.165) is 82.5 Å². The summed E-state index contributed by atoms with van der Waals surface area (Å²) >= 11 is 6.11. The van der Waals surface area contributed by atoms with Crippen molar-refractivity contribution in [2.75, 3.05) is 56.0 Å². The van der Waals surface area contributed by atoms with Gasteiger partial charge in [-0.25, -0.2) is 13.1 Å². The second-order valence-electron chi connectivity index (χ2n) is 14.4.